The minimum atomic E-state index is -2.33. The Morgan fingerprint density at radius 1 is 1.42 bits per heavy atom. The van der Waals surface area contributed by atoms with Crippen LogP contribution in [0.3, 0.4) is 0 Å². The molecule has 1 amide bonds. The van der Waals surface area contributed by atoms with Crippen LogP contribution in [0.1, 0.15) is 12.1 Å². The third-order valence-corrected chi connectivity index (χ3v) is 6.14. The number of hydroxylamine groups is 1. The molecule has 0 saturated carbocycles. The molecule has 8 heteroatoms. The molecule has 2 atom stereocenters. The number of amides is 1. The maximum Gasteiger partial charge on any atom is 0.264 e. The van der Waals surface area contributed by atoms with Gasteiger partial charge in [-0.1, -0.05) is 35.5 Å². The minimum absolute atomic E-state index is 0.0792. The number of hydrogen-bond acceptors (Lipinski definition) is 6. The van der Waals surface area contributed by atoms with Gasteiger partial charge in [-0.15, -0.1) is 0 Å². The monoisotopic (exact) mass is 349 g/mol. The smallest absolute Gasteiger partial charge is 0.264 e. The van der Waals surface area contributed by atoms with E-state index in [1.54, 1.807) is 11.5 Å². The van der Waals surface area contributed by atoms with Gasteiger partial charge in [0, 0.05) is 29.7 Å². The van der Waals surface area contributed by atoms with Crippen LogP contribution < -0.4 is 10.8 Å². The fourth-order valence-electron chi connectivity index (χ4n) is 2.85. The second kappa shape index (κ2) is 6.39. The van der Waals surface area contributed by atoms with Gasteiger partial charge in [-0.3, -0.25) is 19.5 Å². The first-order valence-corrected chi connectivity index (χ1v) is 9.54. The van der Waals surface area contributed by atoms with Crippen LogP contribution >= 0.6 is 0 Å². The Morgan fingerprint density at radius 2 is 2.17 bits per heavy atom. The summed E-state index contributed by atoms with van der Waals surface area (Å²) in [6.07, 6.45) is 0.338. The molecule has 128 valence electrons. The summed E-state index contributed by atoms with van der Waals surface area (Å²) in [7, 11) is -2.33. The first-order chi connectivity index (χ1) is 11.4. The largest absolute Gasteiger partial charge is 0.356 e. The van der Waals surface area contributed by atoms with Crippen molar-refractivity contribution in [2.45, 2.75) is 18.5 Å². The van der Waals surface area contributed by atoms with Gasteiger partial charge in [-0.2, -0.15) is 0 Å². The zero-order valence-corrected chi connectivity index (χ0v) is 13.8. The molecule has 1 saturated heterocycles. The van der Waals surface area contributed by atoms with E-state index in [2.05, 4.69) is 16.3 Å². The first-order valence-electron chi connectivity index (χ1n) is 7.47. The average molecular weight is 349 g/mol. The van der Waals surface area contributed by atoms with E-state index in [9.17, 15) is 9.00 Å². The lowest BCUT2D eigenvalue weighted by molar-refractivity contribution is -0.135. The molecule has 0 spiro atoms. The Kier molecular flexibility index (Phi) is 4.44. The second-order valence-corrected chi connectivity index (χ2v) is 8.62. The van der Waals surface area contributed by atoms with Gasteiger partial charge >= 0.3 is 0 Å². The number of nitrogens with one attached hydrogen (secondary N) is 2. The fourth-order valence-corrected chi connectivity index (χ4v) is 4.99. The zero-order valence-electron chi connectivity index (χ0n) is 13.0. The third-order valence-electron chi connectivity index (χ3n) is 4.17. The molecule has 0 radical (unpaired) electrons. The van der Waals surface area contributed by atoms with E-state index in [0.717, 1.165) is 5.56 Å². The maximum absolute atomic E-state index is 12.2. The number of nitrogens with zero attached hydrogens (tertiary/aromatic N) is 1. The van der Waals surface area contributed by atoms with Crippen LogP contribution in [0.25, 0.3) is 11.3 Å². The molecule has 1 aliphatic rings. The van der Waals surface area contributed by atoms with E-state index in [0.29, 0.717) is 23.6 Å². The maximum atomic E-state index is 12.2. The summed E-state index contributed by atoms with van der Waals surface area (Å²) in [6, 6.07) is 11.3. The Labute approximate surface area is 140 Å². The highest BCUT2D eigenvalue weighted by Crippen LogP contribution is 2.25. The molecule has 1 aliphatic heterocycles. The summed E-state index contributed by atoms with van der Waals surface area (Å²) in [6.45, 7) is 0.249. The summed E-state index contributed by atoms with van der Waals surface area (Å²) in [5.41, 5.74) is 2.06. The molecule has 1 aromatic heterocycles. The van der Waals surface area contributed by atoms with E-state index in [4.69, 9.17) is 9.73 Å². The molecule has 7 nitrogen and oxygen atoms in total. The second-order valence-electron chi connectivity index (χ2n) is 5.99. The van der Waals surface area contributed by atoms with Gasteiger partial charge in [0.25, 0.3) is 5.91 Å². The van der Waals surface area contributed by atoms with E-state index in [-0.39, 0.29) is 12.3 Å². The first kappa shape index (κ1) is 16.7. The van der Waals surface area contributed by atoms with E-state index < -0.39 is 21.0 Å². The van der Waals surface area contributed by atoms with E-state index in [1.807, 2.05) is 30.3 Å². The molecular formula is C16H19N3O4S. The molecule has 3 rings (SSSR count). The SMILES string of the molecule is C=S1(=O)CCC(NCc2cc(-c3ccccc3)on2)(C(=O)NO)C1. The molecule has 2 aromatic rings. The van der Waals surface area contributed by atoms with Crippen molar-refractivity contribution in [2.75, 3.05) is 11.5 Å². The van der Waals surface area contributed by atoms with E-state index >= 15 is 0 Å². The third kappa shape index (κ3) is 3.35. The van der Waals surface area contributed by atoms with Crippen LogP contribution in [0, 0.1) is 0 Å². The topological polar surface area (TPSA) is 104 Å². The normalized spacial score (nSPS) is 26.4. The summed E-state index contributed by atoms with van der Waals surface area (Å²) in [5.74, 6) is 4.10. The molecule has 2 unspecified atom stereocenters. The zero-order chi connectivity index (χ0) is 17.2. The standard InChI is InChI=1S/C16H19N3O4S/c1-24(22)8-7-16(11-24,15(20)18-21)17-10-13-9-14(23-19-13)12-5-3-2-4-6-12/h2-6,9,17,21H,1,7-8,10-11H2,(H,18,20). The molecule has 0 aliphatic carbocycles. The Bertz CT molecular complexity index is 832. The van der Waals surface area contributed by atoms with Gasteiger partial charge in [0.05, 0.1) is 5.69 Å². The number of rotatable bonds is 5. The van der Waals surface area contributed by atoms with Crippen molar-refractivity contribution in [3.05, 3.63) is 42.1 Å². The number of carbonyl (C=O) groups excluding carboxylic acids is 1. The molecule has 0 bridgehead atoms. The van der Waals surface area contributed by atoms with Crippen molar-refractivity contribution < 1.29 is 18.7 Å². The summed E-state index contributed by atoms with van der Waals surface area (Å²) >= 11 is 0. The Hall–Kier alpha value is -2.16. The van der Waals surface area contributed by atoms with Gasteiger partial charge in [0.1, 0.15) is 5.54 Å². The molecule has 1 aromatic carbocycles. The van der Waals surface area contributed by atoms with Crippen molar-refractivity contribution in [3.63, 3.8) is 0 Å². The summed E-state index contributed by atoms with van der Waals surface area (Å²) < 4.78 is 17.5. The van der Waals surface area contributed by atoms with Crippen molar-refractivity contribution in [1.82, 2.24) is 16.0 Å². The average Bonchev–Trinajstić information content (AvgIpc) is 3.18. The number of hydrogen-bond donors (Lipinski definition) is 3. The van der Waals surface area contributed by atoms with E-state index in [1.165, 1.54) is 0 Å². The van der Waals surface area contributed by atoms with Gasteiger partial charge < -0.3 is 4.52 Å². The lowest BCUT2D eigenvalue weighted by atomic mass is 9.98. The number of aromatic nitrogens is 1. The van der Waals surface area contributed by atoms with Crippen molar-refractivity contribution in [3.8, 4) is 11.3 Å². The van der Waals surface area contributed by atoms with Gasteiger partial charge in [0.15, 0.2) is 5.76 Å². The highest BCUT2D eigenvalue weighted by molar-refractivity contribution is 8.00. The predicted molar refractivity (Wildman–Crippen MR) is 91.1 cm³/mol. The highest BCUT2D eigenvalue weighted by atomic mass is 32.2. The minimum Gasteiger partial charge on any atom is -0.356 e. The highest BCUT2D eigenvalue weighted by Gasteiger charge is 2.45. The summed E-state index contributed by atoms with van der Waals surface area (Å²) in [5, 5.41) is 16.1. The van der Waals surface area contributed by atoms with Crippen LogP contribution in [0.15, 0.2) is 40.9 Å². The Morgan fingerprint density at radius 3 is 2.79 bits per heavy atom. The van der Waals surface area contributed by atoms with Crippen LogP contribution in [-0.4, -0.2) is 43.4 Å². The summed E-state index contributed by atoms with van der Waals surface area (Å²) in [4.78, 5) is 12.1. The number of benzene rings is 1. The number of carbonyl (C=O) groups is 1. The lowest BCUT2D eigenvalue weighted by Gasteiger charge is -2.26. The van der Waals surface area contributed by atoms with Crippen LogP contribution in [0.4, 0.5) is 0 Å². The quantitative estimate of drug-likeness (QED) is 0.419. The van der Waals surface area contributed by atoms with Gasteiger partial charge in [-0.05, 0) is 21.8 Å². The van der Waals surface area contributed by atoms with Gasteiger partial charge in [0.2, 0.25) is 0 Å². The van der Waals surface area contributed by atoms with Crippen molar-refractivity contribution >= 4 is 21.3 Å². The van der Waals surface area contributed by atoms with Crippen molar-refractivity contribution in [1.29, 1.82) is 0 Å². The lowest BCUT2D eigenvalue weighted by Crippen LogP contribution is -2.57. The van der Waals surface area contributed by atoms with Crippen molar-refractivity contribution in [2.24, 2.45) is 0 Å². The molecule has 24 heavy (non-hydrogen) atoms. The molecule has 2 heterocycles. The van der Waals surface area contributed by atoms with Crippen LogP contribution in [-0.2, 0) is 20.9 Å². The molecule has 3 N–H and O–H groups in total. The van der Waals surface area contributed by atoms with Crippen LogP contribution in [0.2, 0.25) is 0 Å². The molecular weight excluding hydrogens is 330 g/mol. The van der Waals surface area contributed by atoms with Crippen LogP contribution in [0.5, 0.6) is 0 Å². The molecule has 1 fully saturated rings. The fraction of sp³-hybridized carbons (Fsp3) is 0.312. The Balaban J connectivity index is 1.74. The predicted octanol–water partition coefficient (Wildman–Crippen LogP) is 0.795. The van der Waals surface area contributed by atoms with Gasteiger partial charge in [-0.25, -0.2) is 5.48 Å².